The van der Waals surface area contributed by atoms with Crippen molar-refractivity contribution in [2.75, 3.05) is 13.1 Å². The lowest BCUT2D eigenvalue weighted by molar-refractivity contribution is -0.140. The summed E-state index contributed by atoms with van der Waals surface area (Å²) in [5, 5.41) is 3.10. The molecular formula is C13H13F4N. The Balaban J connectivity index is 2.47. The molecule has 1 nitrogen and oxygen atoms in total. The summed E-state index contributed by atoms with van der Waals surface area (Å²) in [5.41, 5.74) is 1.11. The Hall–Kier alpha value is -1.36. The molecule has 0 aliphatic carbocycles. The molecule has 1 aromatic rings. The summed E-state index contributed by atoms with van der Waals surface area (Å²) < 4.78 is 51.0. The fourth-order valence-electron chi connectivity index (χ4n) is 2.07. The second kappa shape index (κ2) is 4.72. The van der Waals surface area contributed by atoms with Gasteiger partial charge in [0.2, 0.25) is 0 Å². The maximum atomic E-state index is 13.2. The van der Waals surface area contributed by atoms with Crippen LogP contribution < -0.4 is 5.32 Å². The van der Waals surface area contributed by atoms with E-state index in [1.165, 1.54) is 6.07 Å². The zero-order valence-corrected chi connectivity index (χ0v) is 9.87. The van der Waals surface area contributed by atoms with Crippen molar-refractivity contribution in [1.29, 1.82) is 0 Å². The van der Waals surface area contributed by atoms with E-state index in [9.17, 15) is 17.6 Å². The van der Waals surface area contributed by atoms with E-state index in [1.807, 2.05) is 6.92 Å². The molecule has 2 rings (SSSR count). The molecule has 0 atom stereocenters. The minimum atomic E-state index is -4.66. The average Bonchev–Trinajstić information content (AvgIpc) is 2.29. The van der Waals surface area contributed by atoms with Gasteiger partial charge in [-0.15, -0.1) is 0 Å². The molecule has 18 heavy (non-hydrogen) atoms. The first-order valence-corrected chi connectivity index (χ1v) is 5.66. The van der Waals surface area contributed by atoms with Gasteiger partial charge >= 0.3 is 6.18 Å². The SMILES string of the molecule is CC1=C(c2ccc(F)c(C(F)(F)F)c2)CNCC1. The predicted octanol–water partition coefficient (Wildman–Crippen LogP) is 3.61. The summed E-state index contributed by atoms with van der Waals surface area (Å²) in [4.78, 5) is 0. The van der Waals surface area contributed by atoms with E-state index in [0.29, 0.717) is 12.1 Å². The van der Waals surface area contributed by atoms with Crippen LogP contribution >= 0.6 is 0 Å². The number of halogens is 4. The minimum Gasteiger partial charge on any atom is -0.312 e. The zero-order valence-electron chi connectivity index (χ0n) is 9.87. The highest BCUT2D eigenvalue weighted by Crippen LogP contribution is 2.34. The van der Waals surface area contributed by atoms with E-state index >= 15 is 0 Å². The van der Waals surface area contributed by atoms with Gasteiger partial charge < -0.3 is 5.32 Å². The summed E-state index contributed by atoms with van der Waals surface area (Å²) in [5.74, 6) is -1.23. The first kappa shape index (κ1) is 13.1. The van der Waals surface area contributed by atoms with Crippen molar-refractivity contribution in [3.8, 4) is 0 Å². The molecule has 1 aliphatic rings. The van der Waals surface area contributed by atoms with Crippen LogP contribution in [0.3, 0.4) is 0 Å². The number of hydrogen-bond donors (Lipinski definition) is 1. The van der Waals surface area contributed by atoms with E-state index < -0.39 is 17.6 Å². The molecule has 5 heteroatoms. The van der Waals surface area contributed by atoms with Crippen molar-refractivity contribution < 1.29 is 17.6 Å². The van der Waals surface area contributed by atoms with Crippen LogP contribution in [-0.2, 0) is 6.18 Å². The lowest BCUT2D eigenvalue weighted by Crippen LogP contribution is -2.24. The van der Waals surface area contributed by atoms with Gasteiger partial charge in [-0.25, -0.2) is 4.39 Å². The van der Waals surface area contributed by atoms with Gasteiger partial charge in [0.1, 0.15) is 5.82 Å². The molecule has 0 saturated carbocycles. The van der Waals surface area contributed by atoms with Crippen LogP contribution in [0.4, 0.5) is 17.6 Å². The van der Waals surface area contributed by atoms with Gasteiger partial charge in [0, 0.05) is 6.54 Å². The highest BCUT2D eigenvalue weighted by molar-refractivity contribution is 5.71. The highest BCUT2D eigenvalue weighted by Gasteiger charge is 2.34. The van der Waals surface area contributed by atoms with Crippen LogP contribution in [0.1, 0.15) is 24.5 Å². The summed E-state index contributed by atoms with van der Waals surface area (Å²) in [6.07, 6.45) is -3.86. The Morgan fingerprint density at radius 3 is 2.56 bits per heavy atom. The van der Waals surface area contributed by atoms with Gasteiger partial charge in [-0.05, 0) is 43.2 Å². The van der Waals surface area contributed by atoms with Gasteiger partial charge in [0.25, 0.3) is 0 Å². The molecule has 1 aliphatic heterocycles. The maximum Gasteiger partial charge on any atom is 0.419 e. The van der Waals surface area contributed by atoms with E-state index in [4.69, 9.17) is 0 Å². The third kappa shape index (κ3) is 2.56. The van der Waals surface area contributed by atoms with Crippen LogP contribution in [0.5, 0.6) is 0 Å². The molecule has 0 spiro atoms. The van der Waals surface area contributed by atoms with Gasteiger partial charge in [-0.3, -0.25) is 0 Å². The summed E-state index contributed by atoms with van der Waals surface area (Å²) in [7, 11) is 0. The van der Waals surface area contributed by atoms with Crippen molar-refractivity contribution in [2.24, 2.45) is 0 Å². The number of alkyl halides is 3. The molecule has 0 aromatic heterocycles. The third-order valence-corrected chi connectivity index (χ3v) is 3.11. The second-order valence-electron chi connectivity index (χ2n) is 4.38. The largest absolute Gasteiger partial charge is 0.419 e. The van der Waals surface area contributed by atoms with E-state index in [-0.39, 0.29) is 0 Å². The van der Waals surface area contributed by atoms with Crippen LogP contribution in [0, 0.1) is 5.82 Å². The minimum absolute atomic E-state index is 0.438. The number of hydrogen-bond acceptors (Lipinski definition) is 1. The number of rotatable bonds is 1. The second-order valence-corrected chi connectivity index (χ2v) is 4.38. The Morgan fingerprint density at radius 2 is 1.94 bits per heavy atom. The Morgan fingerprint density at radius 1 is 1.22 bits per heavy atom. The lowest BCUT2D eigenvalue weighted by atomic mass is 9.94. The van der Waals surface area contributed by atoms with Crippen LogP contribution in [0.25, 0.3) is 5.57 Å². The van der Waals surface area contributed by atoms with E-state index in [0.717, 1.165) is 36.2 Å². The molecular weight excluding hydrogens is 246 g/mol. The number of benzene rings is 1. The van der Waals surface area contributed by atoms with Gasteiger partial charge in [-0.1, -0.05) is 11.6 Å². The highest BCUT2D eigenvalue weighted by atomic mass is 19.4. The van der Waals surface area contributed by atoms with E-state index in [2.05, 4.69) is 5.32 Å². The Labute approximate surface area is 103 Å². The van der Waals surface area contributed by atoms with E-state index in [1.54, 1.807) is 0 Å². The van der Waals surface area contributed by atoms with Crippen LogP contribution in [-0.4, -0.2) is 13.1 Å². The normalized spacial score (nSPS) is 17.2. The quantitative estimate of drug-likeness (QED) is 0.760. The summed E-state index contributed by atoms with van der Waals surface area (Å²) in [6, 6.07) is 3.17. The molecule has 1 heterocycles. The van der Waals surface area contributed by atoms with Crippen molar-refractivity contribution in [1.82, 2.24) is 5.32 Å². The fraction of sp³-hybridized carbons (Fsp3) is 0.385. The molecule has 1 aromatic carbocycles. The molecule has 1 N–H and O–H groups in total. The fourth-order valence-corrected chi connectivity index (χ4v) is 2.07. The average molecular weight is 259 g/mol. The third-order valence-electron chi connectivity index (χ3n) is 3.11. The summed E-state index contributed by atoms with van der Waals surface area (Å²) >= 11 is 0. The first-order chi connectivity index (χ1) is 8.39. The first-order valence-electron chi connectivity index (χ1n) is 5.66. The van der Waals surface area contributed by atoms with Crippen molar-refractivity contribution in [3.63, 3.8) is 0 Å². The van der Waals surface area contributed by atoms with Crippen molar-refractivity contribution in [2.45, 2.75) is 19.5 Å². The zero-order chi connectivity index (χ0) is 13.3. The Bertz CT molecular complexity index is 488. The molecule has 0 fully saturated rings. The van der Waals surface area contributed by atoms with Crippen molar-refractivity contribution in [3.05, 3.63) is 40.7 Å². The topological polar surface area (TPSA) is 12.0 Å². The molecule has 0 unspecified atom stereocenters. The lowest BCUT2D eigenvalue weighted by Gasteiger charge is -2.20. The van der Waals surface area contributed by atoms with Crippen LogP contribution in [0.15, 0.2) is 23.8 Å². The smallest absolute Gasteiger partial charge is 0.312 e. The molecule has 0 bridgehead atoms. The summed E-state index contributed by atoms with van der Waals surface area (Å²) in [6.45, 7) is 3.24. The molecule has 0 radical (unpaired) electrons. The van der Waals surface area contributed by atoms with Gasteiger partial charge in [-0.2, -0.15) is 13.2 Å². The molecule has 0 amide bonds. The standard InChI is InChI=1S/C13H13F4N/c1-8-4-5-18-7-10(8)9-2-3-12(14)11(6-9)13(15,16)17/h2-3,6,18H,4-5,7H2,1H3. The van der Waals surface area contributed by atoms with Crippen LogP contribution in [0.2, 0.25) is 0 Å². The van der Waals surface area contributed by atoms with Gasteiger partial charge in [0.15, 0.2) is 0 Å². The maximum absolute atomic E-state index is 13.2. The van der Waals surface area contributed by atoms with Crippen molar-refractivity contribution >= 4 is 5.57 Å². The Kier molecular flexibility index (Phi) is 3.43. The predicted molar refractivity (Wildman–Crippen MR) is 61.5 cm³/mol. The molecule has 98 valence electrons. The molecule has 0 saturated heterocycles. The monoisotopic (exact) mass is 259 g/mol. The number of nitrogens with one attached hydrogen (secondary N) is 1. The van der Waals surface area contributed by atoms with Gasteiger partial charge in [0.05, 0.1) is 5.56 Å².